The molecule has 0 bridgehead atoms. The molecule has 1 aromatic carbocycles. The second-order valence-corrected chi connectivity index (χ2v) is 7.36. The SMILES string of the molecule is CCOC(=O)c1sc(N/N=C\c2cc(Cl)c(OC(C)C)c(OCC)c2)nc1C. The number of hydrogen-bond donors (Lipinski definition) is 1. The number of ether oxygens (including phenoxy) is 3. The quantitative estimate of drug-likeness (QED) is 0.349. The van der Waals surface area contributed by atoms with Crippen molar-refractivity contribution >= 4 is 40.3 Å². The van der Waals surface area contributed by atoms with E-state index in [1.54, 1.807) is 32.2 Å². The van der Waals surface area contributed by atoms with Crippen molar-refractivity contribution in [1.29, 1.82) is 0 Å². The van der Waals surface area contributed by atoms with Crippen molar-refractivity contribution in [2.45, 2.75) is 40.7 Å². The van der Waals surface area contributed by atoms with Gasteiger partial charge in [-0.3, -0.25) is 5.43 Å². The molecule has 152 valence electrons. The summed E-state index contributed by atoms with van der Waals surface area (Å²) >= 11 is 7.54. The van der Waals surface area contributed by atoms with Crippen LogP contribution >= 0.6 is 22.9 Å². The molecule has 0 aliphatic rings. The maximum absolute atomic E-state index is 11.9. The molecule has 9 heteroatoms. The number of halogens is 1. The van der Waals surface area contributed by atoms with Gasteiger partial charge in [-0.05, 0) is 52.3 Å². The Hall–Kier alpha value is -2.32. The normalized spacial score (nSPS) is 11.1. The number of nitrogens with one attached hydrogen (secondary N) is 1. The molecule has 2 aromatic rings. The number of anilines is 1. The second kappa shape index (κ2) is 10.3. The zero-order valence-electron chi connectivity index (χ0n) is 16.5. The van der Waals surface area contributed by atoms with Crippen molar-refractivity contribution in [3.8, 4) is 11.5 Å². The predicted molar refractivity (Wildman–Crippen MR) is 112 cm³/mol. The van der Waals surface area contributed by atoms with Crippen LogP contribution in [0, 0.1) is 6.92 Å². The van der Waals surface area contributed by atoms with Gasteiger partial charge < -0.3 is 14.2 Å². The maximum Gasteiger partial charge on any atom is 0.350 e. The van der Waals surface area contributed by atoms with Gasteiger partial charge in [0, 0.05) is 0 Å². The zero-order chi connectivity index (χ0) is 20.7. The first-order valence-electron chi connectivity index (χ1n) is 8.92. The maximum atomic E-state index is 11.9. The third-order valence-electron chi connectivity index (χ3n) is 3.32. The first kappa shape index (κ1) is 22.0. The van der Waals surface area contributed by atoms with Crippen LogP contribution in [0.4, 0.5) is 5.13 Å². The van der Waals surface area contributed by atoms with E-state index in [2.05, 4.69) is 15.5 Å². The van der Waals surface area contributed by atoms with Crippen LogP contribution in [-0.4, -0.2) is 36.5 Å². The standard InChI is InChI=1S/C19H24ClN3O4S/c1-6-25-15-9-13(8-14(20)16(15)27-11(3)4)10-21-23-19-22-12(5)17(28-19)18(24)26-7-2/h8-11H,6-7H2,1-5H3,(H,22,23)/b21-10-. The van der Waals surface area contributed by atoms with Gasteiger partial charge in [-0.25, -0.2) is 9.78 Å². The third kappa shape index (κ3) is 5.84. The lowest BCUT2D eigenvalue weighted by Gasteiger charge is -2.16. The van der Waals surface area contributed by atoms with E-state index in [-0.39, 0.29) is 12.1 Å². The highest BCUT2D eigenvalue weighted by Gasteiger charge is 2.16. The van der Waals surface area contributed by atoms with Crippen molar-refractivity contribution in [2.24, 2.45) is 5.10 Å². The van der Waals surface area contributed by atoms with E-state index in [1.165, 1.54) is 11.3 Å². The molecule has 0 aliphatic heterocycles. The number of hydrazone groups is 1. The fourth-order valence-electron chi connectivity index (χ4n) is 2.27. The number of thiazole rings is 1. The largest absolute Gasteiger partial charge is 0.490 e. The van der Waals surface area contributed by atoms with E-state index in [0.29, 0.717) is 45.4 Å². The monoisotopic (exact) mass is 425 g/mol. The fourth-order valence-corrected chi connectivity index (χ4v) is 3.34. The Labute approximate surface area is 173 Å². The average molecular weight is 426 g/mol. The Bertz CT molecular complexity index is 852. The molecular formula is C19H24ClN3O4S. The molecule has 0 amide bonds. The van der Waals surface area contributed by atoms with E-state index in [4.69, 9.17) is 25.8 Å². The highest BCUT2D eigenvalue weighted by molar-refractivity contribution is 7.17. The smallest absolute Gasteiger partial charge is 0.350 e. The van der Waals surface area contributed by atoms with Gasteiger partial charge in [-0.2, -0.15) is 5.10 Å². The van der Waals surface area contributed by atoms with E-state index < -0.39 is 0 Å². The molecule has 0 unspecified atom stereocenters. The molecule has 0 radical (unpaired) electrons. The van der Waals surface area contributed by atoms with Gasteiger partial charge >= 0.3 is 5.97 Å². The number of carbonyl (C=O) groups excluding carboxylic acids is 1. The molecule has 0 aliphatic carbocycles. The molecule has 1 aromatic heterocycles. The summed E-state index contributed by atoms with van der Waals surface area (Å²) in [6.45, 7) is 10.0. The molecule has 0 saturated heterocycles. The minimum absolute atomic E-state index is 0.0281. The Kier molecular flexibility index (Phi) is 8.07. The number of esters is 1. The molecule has 0 saturated carbocycles. The van der Waals surface area contributed by atoms with Crippen LogP contribution in [-0.2, 0) is 4.74 Å². The molecule has 1 N–H and O–H groups in total. The summed E-state index contributed by atoms with van der Waals surface area (Å²) in [5.74, 6) is 0.682. The van der Waals surface area contributed by atoms with Gasteiger partial charge in [0.25, 0.3) is 0 Å². The van der Waals surface area contributed by atoms with Crippen molar-refractivity contribution in [3.05, 3.63) is 33.3 Å². The molecule has 7 nitrogen and oxygen atoms in total. The topological polar surface area (TPSA) is 82.0 Å². The molecule has 0 spiro atoms. The van der Waals surface area contributed by atoms with Gasteiger partial charge in [-0.1, -0.05) is 22.9 Å². The molecule has 0 fully saturated rings. The number of aromatic nitrogens is 1. The summed E-state index contributed by atoms with van der Waals surface area (Å²) in [7, 11) is 0. The lowest BCUT2D eigenvalue weighted by atomic mass is 10.2. The van der Waals surface area contributed by atoms with Gasteiger partial charge in [-0.15, -0.1) is 0 Å². The summed E-state index contributed by atoms with van der Waals surface area (Å²) in [5.41, 5.74) is 4.15. The zero-order valence-corrected chi connectivity index (χ0v) is 18.1. The Morgan fingerprint density at radius 3 is 2.75 bits per heavy atom. The van der Waals surface area contributed by atoms with Gasteiger partial charge in [0.2, 0.25) is 5.13 Å². The molecular weight excluding hydrogens is 402 g/mol. The Balaban J connectivity index is 2.16. The number of benzene rings is 1. The Morgan fingerprint density at radius 2 is 2.11 bits per heavy atom. The van der Waals surface area contributed by atoms with Crippen molar-refractivity contribution in [2.75, 3.05) is 18.6 Å². The fraction of sp³-hybridized carbons (Fsp3) is 0.421. The first-order valence-corrected chi connectivity index (χ1v) is 10.1. The van der Waals surface area contributed by atoms with E-state index >= 15 is 0 Å². The van der Waals surface area contributed by atoms with Crippen LogP contribution in [0.3, 0.4) is 0 Å². The van der Waals surface area contributed by atoms with Crippen molar-refractivity contribution < 1.29 is 19.0 Å². The number of carbonyl (C=O) groups is 1. The second-order valence-electron chi connectivity index (χ2n) is 5.95. The lowest BCUT2D eigenvalue weighted by Crippen LogP contribution is -2.08. The molecule has 0 atom stereocenters. The summed E-state index contributed by atoms with van der Waals surface area (Å²) in [6.07, 6.45) is 1.56. The van der Waals surface area contributed by atoms with E-state index in [9.17, 15) is 4.79 Å². The van der Waals surface area contributed by atoms with Gasteiger partial charge in [0.05, 0.1) is 36.2 Å². The van der Waals surface area contributed by atoms with Crippen LogP contribution in [0.5, 0.6) is 11.5 Å². The Morgan fingerprint density at radius 1 is 1.36 bits per heavy atom. The highest BCUT2D eigenvalue weighted by Crippen LogP contribution is 2.37. The first-order chi connectivity index (χ1) is 13.3. The number of aryl methyl sites for hydroxylation is 1. The highest BCUT2D eigenvalue weighted by atomic mass is 35.5. The van der Waals surface area contributed by atoms with E-state index in [0.717, 1.165) is 5.56 Å². The molecule has 1 heterocycles. The number of nitrogens with zero attached hydrogens (tertiary/aromatic N) is 2. The van der Waals surface area contributed by atoms with Crippen LogP contribution in [0.1, 0.15) is 48.6 Å². The minimum atomic E-state index is -0.386. The predicted octanol–water partition coefficient (Wildman–Crippen LogP) is 4.91. The van der Waals surface area contributed by atoms with Crippen LogP contribution in [0.15, 0.2) is 17.2 Å². The number of rotatable bonds is 9. The third-order valence-corrected chi connectivity index (χ3v) is 4.64. The van der Waals surface area contributed by atoms with Crippen LogP contribution < -0.4 is 14.9 Å². The summed E-state index contributed by atoms with van der Waals surface area (Å²) in [6, 6.07) is 3.54. The van der Waals surface area contributed by atoms with Gasteiger partial charge in [0.15, 0.2) is 11.5 Å². The van der Waals surface area contributed by atoms with E-state index in [1.807, 2.05) is 20.8 Å². The van der Waals surface area contributed by atoms with Crippen LogP contribution in [0.2, 0.25) is 5.02 Å². The summed E-state index contributed by atoms with van der Waals surface area (Å²) in [4.78, 5) is 16.6. The van der Waals surface area contributed by atoms with Gasteiger partial charge in [0.1, 0.15) is 4.88 Å². The van der Waals surface area contributed by atoms with Crippen molar-refractivity contribution in [1.82, 2.24) is 4.98 Å². The molecule has 28 heavy (non-hydrogen) atoms. The summed E-state index contributed by atoms with van der Waals surface area (Å²) in [5, 5.41) is 5.10. The van der Waals surface area contributed by atoms with Crippen LogP contribution in [0.25, 0.3) is 0 Å². The summed E-state index contributed by atoms with van der Waals surface area (Å²) < 4.78 is 16.4. The van der Waals surface area contributed by atoms with Crippen molar-refractivity contribution in [3.63, 3.8) is 0 Å². The minimum Gasteiger partial charge on any atom is -0.490 e. The number of hydrogen-bond acceptors (Lipinski definition) is 8. The molecule has 2 rings (SSSR count). The lowest BCUT2D eigenvalue weighted by molar-refractivity contribution is 0.0531. The average Bonchev–Trinajstić information content (AvgIpc) is 2.99.